The van der Waals surface area contributed by atoms with Crippen molar-refractivity contribution in [1.82, 2.24) is 4.90 Å². The second-order valence-corrected chi connectivity index (χ2v) is 7.44. The van der Waals surface area contributed by atoms with Gasteiger partial charge >= 0.3 is 0 Å². The molecule has 1 fully saturated rings. The summed E-state index contributed by atoms with van der Waals surface area (Å²) in [5.41, 5.74) is 3.29. The van der Waals surface area contributed by atoms with Gasteiger partial charge in [-0.1, -0.05) is 18.2 Å². The summed E-state index contributed by atoms with van der Waals surface area (Å²) < 4.78 is 11.4. The minimum atomic E-state index is -0.0473. The van der Waals surface area contributed by atoms with Crippen molar-refractivity contribution in [1.29, 1.82) is 0 Å². The maximum absolute atomic E-state index is 13.4. The van der Waals surface area contributed by atoms with Crippen LogP contribution in [0.3, 0.4) is 0 Å². The van der Waals surface area contributed by atoms with Crippen LogP contribution in [0.2, 0.25) is 0 Å². The molecule has 0 atom stereocenters. The normalized spacial score (nSPS) is 17.2. The van der Waals surface area contributed by atoms with E-state index in [1.165, 1.54) is 0 Å². The number of para-hydroxylation sites is 1. The number of amides is 1. The lowest BCUT2D eigenvalue weighted by Gasteiger charge is -2.37. The second kappa shape index (κ2) is 9.47. The first-order chi connectivity index (χ1) is 14.7. The van der Waals surface area contributed by atoms with Gasteiger partial charge in [-0.15, -0.1) is 0 Å². The van der Waals surface area contributed by atoms with Gasteiger partial charge in [-0.3, -0.25) is 19.4 Å². The van der Waals surface area contributed by atoms with Crippen molar-refractivity contribution in [2.75, 3.05) is 62.7 Å². The van der Waals surface area contributed by atoms with E-state index in [9.17, 15) is 4.79 Å². The summed E-state index contributed by atoms with van der Waals surface area (Å²) in [6.45, 7) is 9.64. The van der Waals surface area contributed by atoms with Gasteiger partial charge in [-0.25, -0.2) is 5.06 Å². The number of anilines is 2. The van der Waals surface area contributed by atoms with E-state index in [0.717, 1.165) is 49.8 Å². The van der Waals surface area contributed by atoms with Crippen LogP contribution < -0.4 is 14.7 Å². The lowest BCUT2D eigenvalue weighted by Crippen LogP contribution is -2.47. The lowest BCUT2D eigenvalue weighted by atomic mass is 10.1. The third-order valence-corrected chi connectivity index (χ3v) is 5.45. The van der Waals surface area contributed by atoms with Crippen LogP contribution in [0.4, 0.5) is 11.4 Å². The molecular formula is C23H29N3O4. The molecule has 0 bridgehead atoms. The van der Waals surface area contributed by atoms with E-state index in [0.29, 0.717) is 31.2 Å². The number of carbonyl (C=O) groups is 1. The molecule has 160 valence electrons. The third-order valence-electron chi connectivity index (χ3n) is 5.45. The molecule has 2 heterocycles. The number of hydroxylamine groups is 1. The van der Waals surface area contributed by atoms with E-state index in [4.69, 9.17) is 14.3 Å². The number of ether oxygens (including phenoxy) is 2. The average molecular weight is 412 g/mol. The quantitative estimate of drug-likeness (QED) is 0.698. The highest BCUT2D eigenvalue weighted by Gasteiger charge is 2.32. The van der Waals surface area contributed by atoms with Gasteiger partial charge in [0.2, 0.25) is 0 Å². The molecule has 0 unspecified atom stereocenters. The minimum Gasteiger partial charge on any atom is -0.492 e. The largest absolute Gasteiger partial charge is 0.492 e. The van der Waals surface area contributed by atoms with Gasteiger partial charge in [0.25, 0.3) is 5.91 Å². The number of rotatable bonds is 7. The SMILES string of the molecule is CCON1CN(c2ccccc2C)C(=O)c2cc(OCCN3CCOCC3)ccc21. The van der Waals surface area contributed by atoms with Gasteiger partial charge in [0, 0.05) is 25.3 Å². The molecule has 30 heavy (non-hydrogen) atoms. The van der Waals surface area contributed by atoms with Gasteiger partial charge in [0.1, 0.15) is 19.0 Å². The molecule has 2 aromatic carbocycles. The molecule has 1 saturated heterocycles. The Labute approximate surface area is 177 Å². The Hall–Kier alpha value is -2.61. The van der Waals surface area contributed by atoms with E-state index >= 15 is 0 Å². The molecular weight excluding hydrogens is 382 g/mol. The molecule has 2 aliphatic rings. The van der Waals surface area contributed by atoms with Crippen molar-refractivity contribution >= 4 is 17.3 Å². The summed E-state index contributed by atoms with van der Waals surface area (Å²) in [7, 11) is 0. The minimum absolute atomic E-state index is 0.0473. The van der Waals surface area contributed by atoms with Gasteiger partial charge in [-0.2, -0.15) is 0 Å². The molecule has 7 heteroatoms. The zero-order chi connectivity index (χ0) is 20.9. The molecule has 0 aromatic heterocycles. The first-order valence-corrected chi connectivity index (χ1v) is 10.5. The van der Waals surface area contributed by atoms with Crippen molar-refractivity contribution in [2.45, 2.75) is 13.8 Å². The molecule has 0 aliphatic carbocycles. The maximum atomic E-state index is 13.4. The van der Waals surface area contributed by atoms with E-state index < -0.39 is 0 Å². The van der Waals surface area contributed by atoms with E-state index in [1.807, 2.05) is 56.3 Å². The Morgan fingerprint density at radius 2 is 1.87 bits per heavy atom. The van der Waals surface area contributed by atoms with Crippen LogP contribution in [0, 0.1) is 6.92 Å². The first-order valence-electron chi connectivity index (χ1n) is 10.5. The van der Waals surface area contributed by atoms with Gasteiger partial charge < -0.3 is 9.47 Å². The highest BCUT2D eigenvalue weighted by atomic mass is 16.7. The number of morpholine rings is 1. The Morgan fingerprint density at radius 1 is 1.07 bits per heavy atom. The predicted molar refractivity (Wildman–Crippen MR) is 116 cm³/mol. The lowest BCUT2D eigenvalue weighted by molar-refractivity contribution is 0.0322. The van der Waals surface area contributed by atoms with Gasteiger partial charge in [0.15, 0.2) is 0 Å². The van der Waals surface area contributed by atoms with Crippen LogP contribution in [-0.4, -0.2) is 63.5 Å². The Balaban J connectivity index is 1.53. The molecule has 0 N–H and O–H groups in total. The van der Waals surface area contributed by atoms with E-state index in [-0.39, 0.29) is 5.91 Å². The maximum Gasteiger partial charge on any atom is 0.262 e. The fourth-order valence-corrected chi connectivity index (χ4v) is 3.84. The number of benzene rings is 2. The number of carbonyl (C=O) groups excluding carboxylic acids is 1. The standard InChI is InChI=1S/C23H29N3O4/c1-3-30-26-17-25(21-7-5-4-6-18(21)2)23(27)20-16-19(8-9-22(20)26)29-15-12-24-10-13-28-14-11-24/h4-9,16H,3,10-15,17H2,1-2H3. The molecule has 0 saturated carbocycles. The summed E-state index contributed by atoms with van der Waals surface area (Å²) in [4.78, 5) is 23.3. The number of hydrogen-bond donors (Lipinski definition) is 0. The Morgan fingerprint density at radius 3 is 2.63 bits per heavy atom. The van der Waals surface area contributed by atoms with Crippen LogP contribution in [-0.2, 0) is 9.57 Å². The number of fused-ring (bicyclic) bond motifs is 1. The highest BCUT2D eigenvalue weighted by Crippen LogP contribution is 2.34. The van der Waals surface area contributed by atoms with Crippen LogP contribution in [0.15, 0.2) is 42.5 Å². The summed E-state index contributed by atoms with van der Waals surface area (Å²) in [6, 6.07) is 13.5. The van der Waals surface area contributed by atoms with E-state index in [2.05, 4.69) is 4.90 Å². The summed E-state index contributed by atoms with van der Waals surface area (Å²) in [5.74, 6) is 0.646. The van der Waals surface area contributed by atoms with Crippen LogP contribution in [0.5, 0.6) is 5.75 Å². The van der Waals surface area contributed by atoms with E-state index in [1.54, 1.807) is 9.96 Å². The van der Waals surface area contributed by atoms with Gasteiger partial charge in [-0.05, 0) is 43.7 Å². The summed E-state index contributed by atoms with van der Waals surface area (Å²) in [5, 5.41) is 1.78. The zero-order valence-corrected chi connectivity index (χ0v) is 17.7. The van der Waals surface area contributed by atoms with Crippen molar-refractivity contribution in [3.05, 3.63) is 53.6 Å². The predicted octanol–water partition coefficient (Wildman–Crippen LogP) is 3.08. The summed E-state index contributed by atoms with van der Waals surface area (Å²) in [6.07, 6.45) is 0. The van der Waals surface area contributed by atoms with Crippen LogP contribution in [0.1, 0.15) is 22.8 Å². The van der Waals surface area contributed by atoms with Gasteiger partial charge in [0.05, 0.1) is 31.1 Å². The fraction of sp³-hybridized carbons (Fsp3) is 0.435. The monoisotopic (exact) mass is 411 g/mol. The highest BCUT2D eigenvalue weighted by molar-refractivity contribution is 6.12. The number of nitrogens with zero attached hydrogens (tertiary/aromatic N) is 3. The third kappa shape index (κ3) is 4.43. The molecule has 0 radical (unpaired) electrons. The molecule has 1 amide bonds. The average Bonchev–Trinajstić information content (AvgIpc) is 2.77. The second-order valence-electron chi connectivity index (χ2n) is 7.44. The smallest absolute Gasteiger partial charge is 0.262 e. The summed E-state index contributed by atoms with van der Waals surface area (Å²) >= 11 is 0. The van der Waals surface area contributed by atoms with Crippen molar-refractivity contribution in [3.63, 3.8) is 0 Å². The topological polar surface area (TPSA) is 54.5 Å². The van der Waals surface area contributed by atoms with Crippen molar-refractivity contribution in [3.8, 4) is 5.75 Å². The molecule has 0 spiro atoms. The Kier molecular flexibility index (Phi) is 6.52. The zero-order valence-electron chi connectivity index (χ0n) is 17.7. The molecule has 7 nitrogen and oxygen atoms in total. The number of hydrogen-bond acceptors (Lipinski definition) is 6. The fourth-order valence-electron chi connectivity index (χ4n) is 3.84. The van der Waals surface area contributed by atoms with Crippen molar-refractivity contribution < 1.29 is 19.1 Å². The molecule has 2 aliphatic heterocycles. The van der Waals surface area contributed by atoms with Crippen LogP contribution >= 0.6 is 0 Å². The van der Waals surface area contributed by atoms with Crippen molar-refractivity contribution in [2.24, 2.45) is 0 Å². The Bertz CT molecular complexity index is 883. The number of aryl methyl sites for hydroxylation is 1. The molecule has 2 aromatic rings. The molecule has 4 rings (SSSR count). The first kappa shape index (κ1) is 20.7. The van der Waals surface area contributed by atoms with Crippen LogP contribution in [0.25, 0.3) is 0 Å².